The maximum Gasteiger partial charge on any atom is 0.254 e. The highest BCUT2D eigenvalue weighted by molar-refractivity contribution is 7.89. The molecule has 1 fully saturated rings. The van der Waals surface area contributed by atoms with Crippen LogP contribution in [0.3, 0.4) is 0 Å². The quantitative estimate of drug-likeness (QED) is 0.853. The van der Waals surface area contributed by atoms with Gasteiger partial charge in [0.1, 0.15) is 0 Å². The van der Waals surface area contributed by atoms with Gasteiger partial charge in [0.05, 0.1) is 10.9 Å². The fraction of sp³-hybridized carbons (Fsp3) is 0.350. The summed E-state index contributed by atoms with van der Waals surface area (Å²) in [5, 5.41) is 0. The van der Waals surface area contributed by atoms with Gasteiger partial charge in [0.25, 0.3) is 5.91 Å². The maximum absolute atomic E-state index is 13.1. The summed E-state index contributed by atoms with van der Waals surface area (Å²) >= 11 is 0. The van der Waals surface area contributed by atoms with E-state index >= 15 is 0 Å². The number of sulfonamides is 1. The van der Waals surface area contributed by atoms with E-state index in [1.165, 1.54) is 12.1 Å². The summed E-state index contributed by atoms with van der Waals surface area (Å²) in [6.45, 7) is 4.26. The molecule has 1 amide bonds. The Morgan fingerprint density at radius 1 is 1.07 bits per heavy atom. The van der Waals surface area contributed by atoms with Crippen LogP contribution in [0, 0.1) is 0 Å². The number of nitrogens with one attached hydrogen (secondary N) is 1. The van der Waals surface area contributed by atoms with Gasteiger partial charge in [0.2, 0.25) is 10.0 Å². The molecular weight excluding hydrogens is 362 g/mol. The Kier molecular flexibility index (Phi) is 5.94. The first-order chi connectivity index (χ1) is 12.9. The van der Waals surface area contributed by atoms with Crippen LogP contribution in [0.4, 0.5) is 0 Å². The summed E-state index contributed by atoms with van der Waals surface area (Å²) in [6, 6.07) is 16.1. The van der Waals surface area contributed by atoms with Gasteiger partial charge in [0.15, 0.2) is 0 Å². The summed E-state index contributed by atoms with van der Waals surface area (Å²) in [6.07, 6.45) is 0. The number of amides is 1. The van der Waals surface area contributed by atoms with Gasteiger partial charge in [-0.25, -0.2) is 13.1 Å². The fourth-order valence-corrected chi connectivity index (χ4v) is 4.38. The first-order valence-corrected chi connectivity index (χ1v) is 10.5. The van der Waals surface area contributed by atoms with Crippen molar-refractivity contribution in [2.45, 2.75) is 17.9 Å². The summed E-state index contributed by atoms with van der Waals surface area (Å²) in [7, 11) is -1.47. The molecule has 0 bridgehead atoms. The van der Waals surface area contributed by atoms with Crippen LogP contribution in [0.1, 0.15) is 28.9 Å². The molecule has 27 heavy (non-hydrogen) atoms. The van der Waals surface area contributed by atoms with Gasteiger partial charge in [0, 0.05) is 31.7 Å². The van der Waals surface area contributed by atoms with Crippen LogP contribution < -0.4 is 4.72 Å². The minimum absolute atomic E-state index is 0.0254. The van der Waals surface area contributed by atoms with Crippen molar-refractivity contribution in [2.24, 2.45) is 0 Å². The Balaban J connectivity index is 1.85. The largest absolute Gasteiger partial charge is 0.329 e. The van der Waals surface area contributed by atoms with Gasteiger partial charge < -0.3 is 9.80 Å². The van der Waals surface area contributed by atoms with Crippen LogP contribution in [0.15, 0.2) is 59.5 Å². The van der Waals surface area contributed by atoms with Crippen molar-refractivity contribution >= 4 is 15.9 Å². The molecule has 1 saturated heterocycles. The van der Waals surface area contributed by atoms with Crippen LogP contribution in [0.25, 0.3) is 0 Å². The first kappa shape index (κ1) is 19.5. The molecule has 0 spiro atoms. The number of nitrogens with zero attached hydrogens (tertiary/aromatic N) is 2. The van der Waals surface area contributed by atoms with Crippen molar-refractivity contribution in [1.29, 1.82) is 0 Å². The minimum Gasteiger partial charge on any atom is -0.329 e. The predicted molar refractivity (Wildman–Crippen MR) is 105 cm³/mol. The van der Waals surface area contributed by atoms with Gasteiger partial charge in [-0.1, -0.05) is 37.3 Å². The summed E-state index contributed by atoms with van der Waals surface area (Å²) in [4.78, 5) is 17.4. The molecule has 0 radical (unpaired) electrons. The Hall–Kier alpha value is -2.22. The molecule has 0 aliphatic carbocycles. The van der Waals surface area contributed by atoms with Crippen molar-refractivity contribution in [3.63, 3.8) is 0 Å². The second-order valence-electron chi connectivity index (χ2n) is 6.71. The molecule has 0 aromatic heterocycles. The van der Waals surface area contributed by atoms with Crippen LogP contribution in [0.5, 0.6) is 0 Å². The van der Waals surface area contributed by atoms with Crippen molar-refractivity contribution in [1.82, 2.24) is 14.5 Å². The average Bonchev–Trinajstić information content (AvgIpc) is 2.68. The molecule has 144 valence electrons. The highest BCUT2D eigenvalue weighted by Crippen LogP contribution is 2.26. The molecule has 2 aromatic rings. The Morgan fingerprint density at radius 3 is 2.37 bits per heavy atom. The van der Waals surface area contributed by atoms with E-state index in [0.717, 1.165) is 18.7 Å². The third kappa shape index (κ3) is 4.37. The van der Waals surface area contributed by atoms with Gasteiger partial charge in [-0.05, 0) is 36.9 Å². The van der Waals surface area contributed by atoms with E-state index in [2.05, 4.69) is 16.7 Å². The molecule has 0 saturated carbocycles. The monoisotopic (exact) mass is 387 g/mol. The van der Waals surface area contributed by atoms with Crippen molar-refractivity contribution in [3.05, 3.63) is 65.7 Å². The lowest BCUT2D eigenvalue weighted by molar-refractivity contribution is 0.0498. The molecular formula is C20H25N3O3S. The number of carbonyl (C=O) groups excluding carboxylic acids is 1. The van der Waals surface area contributed by atoms with Crippen LogP contribution in [0.2, 0.25) is 0 Å². The molecule has 1 N–H and O–H groups in total. The lowest BCUT2D eigenvalue weighted by Gasteiger charge is -2.40. The maximum atomic E-state index is 13.1. The Labute approximate surface area is 160 Å². The fourth-order valence-electron chi connectivity index (χ4n) is 3.34. The second kappa shape index (κ2) is 8.21. The SMILES string of the molecule is CCNS(=O)(=O)c1ccc(C(=O)N2CCN(C)C[C@H]2c2ccccc2)cc1. The normalized spacial score (nSPS) is 18.4. The molecule has 0 unspecified atom stereocenters. The summed E-state index contributed by atoms with van der Waals surface area (Å²) < 4.78 is 26.6. The van der Waals surface area contributed by atoms with Gasteiger partial charge in [-0.2, -0.15) is 0 Å². The van der Waals surface area contributed by atoms with Crippen molar-refractivity contribution < 1.29 is 13.2 Å². The lowest BCUT2D eigenvalue weighted by atomic mass is 10.0. The highest BCUT2D eigenvalue weighted by atomic mass is 32.2. The third-order valence-corrected chi connectivity index (χ3v) is 6.34. The number of rotatable bonds is 5. The number of benzene rings is 2. The number of hydrogen-bond donors (Lipinski definition) is 1. The first-order valence-electron chi connectivity index (χ1n) is 9.06. The molecule has 3 rings (SSSR count). The predicted octanol–water partition coefficient (Wildman–Crippen LogP) is 2.11. The van der Waals surface area contributed by atoms with Gasteiger partial charge >= 0.3 is 0 Å². The summed E-state index contributed by atoms with van der Waals surface area (Å²) in [5.74, 6) is -0.0793. The number of likely N-dealkylation sites (N-methyl/N-ethyl adjacent to an activating group) is 1. The van der Waals surface area contributed by atoms with E-state index < -0.39 is 10.0 Å². The molecule has 7 heteroatoms. The third-order valence-electron chi connectivity index (χ3n) is 4.77. The highest BCUT2D eigenvalue weighted by Gasteiger charge is 2.30. The zero-order valence-electron chi connectivity index (χ0n) is 15.6. The van der Waals surface area contributed by atoms with Crippen LogP contribution in [-0.2, 0) is 10.0 Å². The second-order valence-corrected chi connectivity index (χ2v) is 8.48. The standard InChI is InChI=1S/C20H25N3O3S/c1-3-21-27(25,26)18-11-9-17(10-12-18)20(24)23-14-13-22(2)15-19(23)16-7-5-4-6-8-16/h4-12,19,21H,3,13-15H2,1-2H3/t19-/m0/s1. The van der Waals surface area contributed by atoms with Gasteiger partial charge in [-0.3, -0.25) is 4.79 Å². The summed E-state index contributed by atoms with van der Waals surface area (Å²) in [5.41, 5.74) is 1.60. The van der Waals surface area contributed by atoms with E-state index in [1.807, 2.05) is 35.2 Å². The van der Waals surface area contributed by atoms with E-state index in [0.29, 0.717) is 18.7 Å². The van der Waals surface area contributed by atoms with E-state index in [4.69, 9.17) is 0 Å². The Morgan fingerprint density at radius 2 is 1.74 bits per heavy atom. The van der Waals surface area contributed by atoms with Crippen LogP contribution >= 0.6 is 0 Å². The minimum atomic E-state index is -3.52. The van der Waals surface area contributed by atoms with Crippen molar-refractivity contribution in [3.8, 4) is 0 Å². The molecule has 1 atom stereocenters. The average molecular weight is 388 g/mol. The Bertz CT molecular complexity index is 882. The number of piperazine rings is 1. The number of hydrogen-bond acceptors (Lipinski definition) is 4. The number of carbonyl (C=O) groups is 1. The zero-order chi connectivity index (χ0) is 19.4. The lowest BCUT2D eigenvalue weighted by Crippen LogP contribution is -2.49. The molecule has 1 heterocycles. The van der Waals surface area contributed by atoms with E-state index in [-0.39, 0.29) is 16.8 Å². The molecule has 6 nitrogen and oxygen atoms in total. The van der Waals surface area contributed by atoms with E-state index in [1.54, 1.807) is 19.1 Å². The van der Waals surface area contributed by atoms with Crippen molar-refractivity contribution in [2.75, 3.05) is 33.2 Å². The molecule has 2 aromatic carbocycles. The van der Waals surface area contributed by atoms with Crippen LogP contribution in [-0.4, -0.2) is 57.4 Å². The topological polar surface area (TPSA) is 69.7 Å². The zero-order valence-corrected chi connectivity index (χ0v) is 16.4. The smallest absolute Gasteiger partial charge is 0.254 e. The van der Waals surface area contributed by atoms with E-state index in [9.17, 15) is 13.2 Å². The molecule has 1 aliphatic rings. The molecule has 1 aliphatic heterocycles. The van der Waals surface area contributed by atoms with Gasteiger partial charge in [-0.15, -0.1) is 0 Å².